The molecule has 0 aliphatic heterocycles. The summed E-state index contributed by atoms with van der Waals surface area (Å²) < 4.78 is 33.7. The topological polar surface area (TPSA) is 18.5 Å². The molecule has 2 rings (SSSR count). The van der Waals surface area contributed by atoms with Crippen molar-refractivity contribution in [2.45, 2.75) is 19.5 Å². The Morgan fingerprint density at radius 2 is 2.27 bits per heavy atom. The molecular weight excluding hydrogens is 202 g/mol. The second-order valence-corrected chi connectivity index (χ2v) is 3.50. The van der Waals surface area contributed by atoms with E-state index in [4.69, 9.17) is 4.74 Å². The lowest BCUT2D eigenvalue weighted by molar-refractivity contribution is -0.0517. The molecule has 1 aliphatic carbocycles. The highest BCUT2D eigenvalue weighted by Crippen LogP contribution is 2.32. The van der Waals surface area contributed by atoms with Gasteiger partial charge in [-0.3, -0.25) is 0 Å². The number of alkyl halides is 2. The molecule has 81 valence electrons. The van der Waals surface area contributed by atoms with Crippen LogP contribution in [-0.2, 0) is 0 Å². The van der Waals surface area contributed by atoms with E-state index in [1.807, 2.05) is 0 Å². The van der Waals surface area contributed by atoms with Crippen LogP contribution in [0, 0.1) is 12.0 Å². The Morgan fingerprint density at radius 1 is 1.47 bits per heavy atom. The van der Waals surface area contributed by atoms with Crippen LogP contribution < -0.4 is 9.47 Å². The zero-order valence-electron chi connectivity index (χ0n) is 8.08. The first-order valence-corrected chi connectivity index (χ1v) is 4.84. The van der Waals surface area contributed by atoms with Crippen molar-refractivity contribution in [2.75, 3.05) is 6.61 Å². The van der Waals surface area contributed by atoms with Crippen LogP contribution in [-0.4, -0.2) is 13.2 Å². The Morgan fingerprint density at radius 3 is 2.93 bits per heavy atom. The largest absolute Gasteiger partial charge is 0.489 e. The van der Waals surface area contributed by atoms with E-state index in [9.17, 15) is 8.78 Å². The van der Waals surface area contributed by atoms with Crippen molar-refractivity contribution < 1.29 is 18.3 Å². The van der Waals surface area contributed by atoms with Crippen LogP contribution >= 0.6 is 0 Å². The van der Waals surface area contributed by atoms with Crippen LogP contribution in [0.2, 0.25) is 0 Å². The van der Waals surface area contributed by atoms with Crippen molar-refractivity contribution in [1.29, 1.82) is 0 Å². The van der Waals surface area contributed by atoms with Gasteiger partial charge in [0.25, 0.3) is 0 Å². The SMILES string of the molecule is FC(F)Oc1[c]cccc1OCC1CC1. The first-order valence-electron chi connectivity index (χ1n) is 4.84. The number of benzene rings is 1. The van der Waals surface area contributed by atoms with Crippen molar-refractivity contribution in [1.82, 2.24) is 0 Å². The van der Waals surface area contributed by atoms with Gasteiger partial charge in [0.2, 0.25) is 0 Å². The van der Waals surface area contributed by atoms with Gasteiger partial charge < -0.3 is 9.47 Å². The van der Waals surface area contributed by atoms with Crippen molar-refractivity contribution in [3.8, 4) is 11.5 Å². The van der Waals surface area contributed by atoms with Crippen molar-refractivity contribution >= 4 is 0 Å². The van der Waals surface area contributed by atoms with Gasteiger partial charge in [0.15, 0.2) is 11.5 Å². The first-order chi connectivity index (χ1) is 7.25. The molecule has 1 fully saturated rings. The van der Waals surface area contributed by atoms with Crippen LogP contribution in [0.25, 0.3) is 0 Å². The lowest BCUT2D eigenvalue weighted by Gasteiger charge is -2.10. The fourth-order valence-corrected chi connectivity index (χ4v) is 1.19. The molecule has 0 amide bonds. The highest BCUT2D eigenvalue weighted by atomic mass is 19.3. The summed E-state index contributed by atoms with van der Waals surface area (Å²) in [6, 6.07) is 7.39. The summed E-state index contributed by atoms with van der Waals surface area (Å²) in [5, 5.41) is 0. The Hall–Kier alpha value is -1.32. The molecule has 1 radical (unpaired) electrons. The molecule has 0 spiro atoms. The van der Waals surface area contributed by atoms with Crippen LogP contribution in [0.4, 0.5) is 8.78 Å². The van der Waals surface area contributed by atoms with Gasteiger partial charge in [-0.05, 0) is 24.8 Å². The van der Waals surface area contributed by atoms with Crippen LogP contribution in [0.5, 0.6) is 11.5 Å². The Kier molecular flexibility index (Phi) is 3.04. The van der Waals surface area contributed by atoms with Crippen molar-refractivity contribution in [2.24, 2.45) is 5.92 Å². The number of hydrogen-bond donors (Lipinski definition) is 0. The van der Waals surface area contributed by atoms with Gasteiger partial charge in [0.1, 0.15) is 0 Å². The fraction of sp³-hybridized carbons (Fsp3) is 0.455. The van der Waals surface area contributed by atoms with Crippen LogP contribution in [0.15, 0.2) is 18.2 Å². The van der Waals surface area contributed by atoms with Gasteiger partial charge >= 0.3 is 6.61 Å². The molecule has 0 aromatic heterocycles. The molecule has 0 bridgehead atoms. The standard InChI is InChI=1S/C11H11F2O2/c12-11(13)15-10-4-2-1-3-9(10)14-7-8-5-6-8/h1-3,8,11H,5-7H2. The summed E-state index contributed by atoms with van der Waals surface area (Å²) in [4.78, 5) is 0. The maximum absolute atomic E-state index is 12.0. The van der Waals surface area contributed by atoms with Gasteiger partial charge in [-0.25, -0.2) is 0 Å². The molecule has 4 heteroatoms. The van der Waals surface area contributed by atoms with Gasteiger partial charge in [-0.15, -0.1) is 0 Å². The Labute approximate surface area is 86.8 Å². The van der Waals surface area contributed by atoms with Crippen molar-refractivity contribution in [3.63, 3.8) is 0 Å². The minimum absolute atomic E-state index is 0.0202. The maximum Gasteiger partial charge on any atom is 0.387 e. The number of hydrogen-bond acceptors (Lipinski definition) is 2. The van der Waals surface area contributed by atoms with E-state index in [-0.39, 0.29) is 5.75 Å². The summed E-state index contributed by atoms with van der Waals surface area (Å²) in [7, 11) is 0. The molecule has 0 atom stereocenters. The van der Waals surface area contributed by atoms with Crippen LogP contribution in [0.3, 0.4) is 0 Å². The van der Waals surface area contributed by atoms with Crippen molar-refractivity contribution in [3.05, 3.63) is 24.3 Å². The average Bonchev–Trinajstić information content (AvgIpc) is 2.99. The molecule has 1 aromatic carbocycles. The normalized spacial score (nSPS) is 15.4. The Bertz CT molecular complexity index is 324. The monoisotopic (exact) mass is 213 g/mol. The molecule has 1 aromatic rings. The Balaban J connectivity index is 1.99. The summed E-state index contributed by atoms with van der Waals surface area (Å²) >= 11 is 0. The number of para-hydroxylation sites is 1. The van der Waals surface area contributed by atoms with E-state index in [0.717, 1.165) is 12.8 Å². The summed E-state index contributed by atoms with van der Waals surface area (Å²) in [6.07, 6.45) is 2.31. The van der Waals surface area contributed by atoms with E-state index in [1.54, 1.807) is 12.1 Å². The minimum atomic E-state index is -2.84. The predicted octanol–water partition coefficient (Wildman–Crippen LogP) is 2.88. The lowest BCUT2D eigenvalue weighted by atomic mass is 10.3. The van der Waals surface area contributed by atoms with E-state index in [0.29, 0.717) is 18.3 Å². The molecule has 1 saturated carbocycles. The summed E-state index contributed by atoms with van der Waals surface area (Å²) in [6.45, 7) is -2.27. The molecule has 1 aliphatic rings. The average molecular weight is 213 g/mol. The van der Waals surface area contributed by atoms with Gasteiger partial charge in [-0.2, -0.15) is 8.78 Å². The van der Waals surface area contributed by atoms with E-state index < -0.39 is 6.61 Å². The third-order valence-corrected chi connectivity index (χ3v) is 2.16. The van der Waals surface area contributed by atoms with Crippen LogP contribution in [0.1, 0.15) is 12.8 Å². The van der Waals surface area contributed by atoms with Gasteiger partial charge in [0.05, 0.1) is 6.61 Å². The predicted molar refractivity (Wildman–Crippen MR) is 50.1 cm³/mol. The number of ether oxygens (including phenoxy) is 2. The quantitative estimate of drug-likeness (QED) is 0.748. The third-order valence-electron chi connectivity index (χ3n) is 2.16. The summed E-state index contributed by atoms with van der Waals surface area (Å²) in [5.74, 6) is 0.891. The third kappa shape index (κ3) is 3.08. The highest BCUT2D eigenvalue weighted by molar-refractivity contribution is 5.38. The van der Waals surface area contributed by atoms with Gasteiger partial charge in [0, 0.05) is 6.07 Å². The van der Waals surface area contributed by atoms with E-state index in [1.165, 1.54) is 6.07 Å². The number of halogens is 2. The van der Waals surface area contributed by atoms with E-state index in [2.05, 4.69) is 10.8 Å². The van der Waals surface area contributed by atoms with Gasteiger partial charge in [-0.1, -0.05) is 12.1 Å². The smallest absolute Gasteiger partial charge is 0.387 e. The minimum Gasteiger partial charge on any atom is -0.489 e. The molecule has 0 saturated heterocycles. The number of rotatable bonds is 5. The lowest BCUT2D eigenvalue weighted by Crippen LogP contribution is -2.06. The molecule has 0 N–H and O–H groups in total. The zero-order valence-corrected chi connectivity index (χ0v) is 8.08. The fourth-order valence-electron chi connectivity index (χ4n) is 1.19. The summed E-state index contributed by atoms with van der Waals surface area (Å²) in [5.41, 5.74) is 0. The zero-order chi connectivity index (χ0) is 10.7. The second-order valence-electron chi connectivity index (χ2n) is 3.50. The molecule has 15 heavy (non-hydrogen) atoms. The molecule has 2 nitrogen and oxygen atoms in total. The second kappa shape index (κ2) is 4.47. The molecular formula is C11H11F2O2. The first kappa shape index (κ1) is 10.2. The molecule has 0 unspecified atom stereocenters. The maximum atomic E-state index is 12.0. The van der Waals surface area contributed by atoms with E-state index >= 15 is 0 Å². The highest BCUT2D eigenvalue weighted by Gasteiger charge is 2.22. The molecule has 0 heterocycles.